The normalized spacial score (nSPS) is 17.6. The van der Waals surface area contributed by atoms with Crippen molar-refractivity contribution in [3.63, 3.8) is 0 Å². The maximum absolute atomic E-state index is 15.4. The molecule has 3 aromatic rings. The van der Waals surface area contributed by atoms with Crippen LogP contribution in [0.4, 0.5) is 28.0 Å². The first-order chi connectivity index (χ1) is 23.4. The zero-order valence-corrected chi connectivity index (χ0v) is 29.7. The number of aliphatic hydroxyl groups excluding tert-OH is 1. The van der Waals surface area contributed by atoms with E-state index in [1.54, 1.807) is 13.0 Å². The number of halogens is 4. The molecule has 4 N–H and O–H groups in total. The highest BCUT2D eigenvalue weighted by Crippen LogP contribution is 2.39. The van der Waals surface area contributed by atoms with Crippen molar-refractivity contribution in [2.24, 2.45) is 5.73 Å². The summed E-state index contributed by atoms with van der Waals surface area (Å²) in [6, 6.07) is 5.69. The number of alkyl carbamates (subject to hydrolysis) is 1. The number of hydrogen-bond acceptors (Lipinski definition) is 10. The maximum Gasteiger partial charge on any atom is 0.455 e. The van der Waals surface area contributed by atoms with Gasteiger partial charge in [0.1, 0.15) is 17.1 Å². The van der Waals surface area contributed by atoms with Crippen LogP contribution in [0.2, 0.25) is 0 Å². The molecule has 2 aromatic heterocycles. The molecule has 1 fully saturated rings. The Morgan fingerprint density at radius 1 is 1.16 bits per heavy atom. The molecule has 1 aliphatic carbocycles. The van der Waals surface area contributed by atoms with Crippen LogP contribution < -0.4 is 16.0 Å². The largest absolute Gasteiger partial charge is 0.455 e. The number of aromatic nitrogens is 3. The molecular weight excluding hydrogens is 684 g/mol. The number of carbonyl (C=O) groups is 2. The molecule has 2 aliphatic rings. The van der Waals surface area contributed by atoms with E-state index in [0.717, 1.165) is 17.5 Å². The molecule has 274 valence electrons. The quantitative estimate of drug-likeness (QED) is 0.219. The van der Waals surface area contributed by atoms with Gasteiger partial charge in [-0.2, -0.15) is 18.2 Å². The monoisotopic (exact) mass is 726 g/mol. The summed E-state index contributed by atoms with van der Waals surface area (Å²) in [5.74, 6) is -2.63. The molecule has 1 saturated carbocycles. The molecule has 17 heteroatoms. The van der Waals surface area contributed by atoms with E-state index in [4.69, 9.17) is 15.6 Å². The molecule has 12 nitrogen and oxygen atoms in total. The molecule has 1 unspecified atom stereocenters. The zero-order valence-electron chi connectivity index (χ0n) is 28.9. The number of aliphatic hydroxyl groups is 1. The highest BCUT2D eigenvalue weighted by atomic mass is 32.2. The first kappa shape index (κ1) is 39.9. The number of amides is 2. The average molecular weight is 727 g/mol. The number of carbonyl (C=O) groups excluding carboxylic acids is 2. The van der Waals surface area contributed by atoms with Crippen LogP contribution in [-0.4, -0.2) is 66.8 Å². The van der Waals surface area contributed by atoms with Crippen LogP contribution in [0.15, 0.2) is 45.5 Å². The number of allylic oxidation sites excluding steroid dienone is 1. The standard InChI is InChI=1S/C26H25F4N5O3S.C6H13NO2.CH4O/c1-3-14(2)23(31)17-10-20-21(11-18(17)27)39(37,16-5-6-16)9-8-22(36)35(20)13-15-4-7-19(32-12-15)24-33-25(34-38-24)26(28,29)30;1-6(2,3)9-5(8)7-4;1-2/h4,7,10-12H,3,5-6,8-9,13,31H2,1-2H3;1-4H3,(H,7,8);2H,1H3/b23-14+;;. The second-order valence-electron chi connectivity index (χ2n) is 12.2. The molecule has 0 radical (unpaired) electrons. The van der Waals surface area contributed by atoms with Crippen molar-refractivity contribution < 1.29 is 45.7 Å². The van der Waals surface area contributed by atoms with Gasteiger partial charge in [-0.15, -0.1) is 0 Å². The lowest BCUT2D eigenvalue weighted by Gasteiger charge is -2.24. The van der Waals surface area contributed by atoms with Gasteiger partial charge < -0.3 is 30.3 Å². The number of nitrogens with zero attached hydrogens (tertiary/aromatic N) is 4. The Bertz CT molecular complexity index is 1850. The summed E-state index contributed by atoms with van der Waals surface area (Å²) in [5, 5.41) is 12.3. The molecule has 0 spiro atoms. The fourth-order valence-corrected chi connectivity index (χ4v) is 7.55. The van der Waals surface area contributed by atoms with Gasteiger partial charge in [-0.3, -0.25) is 14.0 Å². The van der Waals surface area contributed by atoms with E-state index in [0.29, 0.717) is 30.5 Å². The Labute approximate surface area is 288 Å². The third-order valence-corrected chi connectivity index (χ3v) is 10.6. The van der Waals surface area contributed by atoms with Crippen LogP contribution >= 0.6 is 0 Å². The van der Waals surface area contributed by atoms with E-state index in [1.807, 2.05) is 27.7 Å². The zero-order chi connectivity index (χ0) is 37.6. The van der Waals surface area contributed by atoms with Crippen molar-refractivity contribution in [3.05, 3.63) is 58.8 Å². The van der Waals surface area contributed by atoms with Crippen molar-refractivity contribution in [1.82, 2.24) is 20.4 Å². The molecule has 3 heterocycles. The molecule has 5 rings (SSSR count). The minimum absolute atomic E-state index is 0.000983. The molecule has 50 heavy (non-hydrogen) atoms. The molecule has 0 bridgehead atoms. The van der Waals surface area contributed by atoms with Gasteiger partial charge in [0.2, 0.25) is 5.91 Å². The first-order valence-electron chi connectivity index (χ1n) is 15.6. The van der Waals surface area contributed by atoms with Gasteiger partial charge in [-0.25, -0.2) is 9.18 Å². The summed E-state index contributed by atoms with van der Waals surface area (Å²) in [6.07, 6.45) is -1.83. The Morgan fingerprint density at radius 2 is 1.82 bits per heavy atom. The van der Waals surface area contributed by atoms with Gasteiger partial charge in [-0.05, 0) is 81.2 Å². The average Bonchev–Trinajstić information content (AvgIpc) is 3.82. The second kappa shape index (κ2) is 16.0. The van der Waals surface area contributed by atoms with Gasteiger partial charge in [0, 0.05) is 53.3 Å². The number of ether oxygens (including phenoxy) is 1. The lowest BCUT2D eigenvalue weighted by Crippen LogP contribution is -2.30. The van der Waals surface area contributed by atoms with Gasteiger partial charge in [-0.1, -0.05) is 18.1 Å². The molecule has 1 aliphatic heterocycles. The fourth-order valence-electron chi connectivity index (χ4n) is 4.71. The number of anilines is 1. The van der Waals surface area contributed by atoms with Crippen molar-refractivity contribution in [1.29, 1.82) is 0 Å². The summed E-state index contributed by atoms with van der Waals surface area (Å²) in [5.41, 5.74) is 7.89. The Morgan fingerprint density at radius 3 is 2.30 bits per heavy atom. The van der Waals surface area contributed by atoms with Crippen LogP contribution in [0.5, 0.6) is 0 Å². The van der Waals surface area contributed by atoms with Crippen LogP contribution in [0, 0.1) is 5.82 Å². The third kappa shape index (κ3) is 9.59. The SMILES string of the molecule is CC/C(C)=C(/N)c1cc2c(cc1F)S(=O)(=C1CC1)CCC(=O)N2Cc1ccc(-c2nc(C(F)(F)F)no2)nc1.CNC(=O)OC(C)(C)C.CO. The van der Waals surface area contributed by atoms with E-state index >= 15 is 4.39 Å². The minimum Gasteiger partial charge on any atom is -0.444 e. The van der Waals surface area contributed by atoms with E-state index in [2.05, 4.69) is 25.0 Å². The fraction of sp³-hybridized carbons (Fsp3) is 0.455. The number of nitrogens with one attached hydrogen (secondary N) is 1. The van der Waals surface area contributed by atoms with Crippen molar-refractivity contribution in [2.75, 3.05) is 24.8 Å². The maximum atomic E-state index is 15.4. The van der Waals surface area contributed by atoms with Crippen molar-refractivity contribution in [3.8, 4) is 11.6 Å². The number of pyridine rings is 1. The van der Waals surface area contributed by atoms with Gasteiger partial charge in [0.15, 0.2) is 0 Å². The summed E-state index contributed by atoms with van der Waals surface area (Å²) in [4.78, 5) is 33.8. The van der Waals surface area contributed by atoms with Crippen LogP contribution in [-0.2, 0) is 31.8 Å². The summed E-state index contributed by atoms with van der Waals surface area (Å²) in [6.45, 7) is 9.15. The van der Waals surface area contributed by atoms with Gasteiger partial charge in [0.25, 0.3) is 11.7 Å². The Kier molecular flexibility index (Phi) is 12.8. The predicted molar refractivity (Wildman–Crippen MR) is 181 cm³/mol. The Hall–Kier alpha value is -4.51. The van der Waals surface area contributed by atoms with Crippen molar-refractivity contribution in [2.45, 2.75) is 83.5 Å². The topological polar surface area (TPSA) is 174 Å². The van der Waals surface area contributed by atoms with E-state index in [9.17, 15) is 27.0 Å². The molecule has 2 amide bonds. The number of nitrogens with two attached hydrogens (primary N) is 1. The number of hydrogen-bond donors (Lipinski definition) is 3. The summed E-state index contributed by atoms with van der Waals surface area (Å²) >= 11 is 0. The number of benzene rings is 1. The summed E-state index contributed by atoms with van der Waals surface area (Å²) < 4.78 is 77.4. The Balaban J connectivity index is 0.000000536. The molecule has 0 saturated heterocycles. The van der Waals surface area contributed by atoms with Gasteiger partial charge in [0.05, 0.1) is 17.1 Å². The highest BCUT2D eigenvalue weighted by Gasteiger charge is 2.38. The van der Waals surface area contributed by atoms with Crippen molar-refractivity contribution >= 4 is 37.8 Å². The molecular formula is C33H42F4N6O6S. The van der Waals surface area contributed by atoms with E-state index in [1.165, 1.54) is 36.3 Å². The van der Waals surface area contributed by atoms with Crippen LogP contribution in [0.3, 0.4) is 0 Å². The number of alkyl halides is 3. The number of fused-ring (bicyclic) bond motifs is 1. The summed E-state index contributed by atoms with van der Waals surface area (Å²) in [7, 11) is -0.235. The smallest absolute Gasteiger partial charge is 0.444 e. The molecule has 1 aromatic carbocycles. The van der Waals surface area contributed by atoms with Gasteiger partial charge >= 0.3 is 12.3 Å². The first-order valence-corrected chi connectivity index (χ1v) is 17.3. The van der Waals surface area contributed by atoms with E-state index in [-0.39, 0.29) is 58.2 Å². The minimum atomic E-state index is -4.76. The van der Waals surface area contributed by atoms with Crippen LogP contribution in [0.1, 0.15) is 77.3 Å². The molecule has 1 atom stereocenters. The second-order valence-corrected chi connectivity index (χ2v) is 15.0. The lowest BCUT2D eigenvalue weighted by molar-refractivity contribution is -0.146. The van der Waals surface area contributed by atoms with E-state index < -0.39 is 33.2 Å². The highest BCUT2D eigenvalue weighted by molar-refractivity contribution is 8.03. The lowest BCUT2D eigenvalue weighted by atomic mass is 10.0. The third-order valence-electron chi connectivity index (χ3n) is 7.47. The number of rotatable bonds is 5. The predicted octanol–water partition coefficient (Wildman–Crippen LogP) is 5.69. The van der Waals surface area contributed by atoms with Crippen LogP contribution in [0.25, 0.3) is 17.3 Å².